The van der Waals surface area contributed by atoms with Crippen LogP contribution in [0.1, 0.15) is 42.7 Å². The van der Waals surface area contributed by atoms with Crippen LogP contribution >= 0.6 is 0 Å². The number of hydrogen-bond donors (Lipinski definition) is 0. The maximum absolute atomic E-state index is 13.3. The number of ketones is 1. The van der Waals surface area contributed by atoms with Gasteiger partial charge in [0.25, 0.3) is 0 Å². The van der Waals surface area contributed by atoms with Crippen LogP contribution < -0.4 is 14.4 Å². The molecule has 3 aliphatic rings. The number of hydrogen-bond acceptors (Lipinski definition) is 4. The van der Waals surface area contributed by atoms with Gasteiger partial charge in [0.15, 0.2) is 17.3 Å². The summed E-state index contributed by atoms with van der Waals surface area (Å²) in [6.07, 6.45) is 2.33. The molecule has 28 heavy (non-hydrogen) atoms. The normalized spacial score (nSPS) is 21.2. The van der Waals surface area contributed by atoms with Gasteiger partial charge in [-0.15, -0.1) is 0 Å². The molecule has 0 saturated heterocycles. The molecular weight excluding hydrogens is 354 g/mol. The summed E-state index contributed by atoms with van der Waals surface area (Å²) in [7, 11) is 0. The van der Waals surface area contributed by atoms with Crippen molar-refractivity contribution in [1.29, 1.82) is 0 Å². The fourth-order valence-electron chi connectivity index (χ4n) is 4.50. The quantitative estimate of drug-likeness (QED) is 0.787. The van der Waals surface area contributed by atoms with E-state index in [9.17, 15) is 9.59 Å². The average Bonchev–Trinajstić information content (AvgIpc) is 3.16. The molecular formula is C23H21NO4. The zero-order valence-electron chi connectivity index (χ0n) is 15.7. The summed E-state index contributed by atoms with van der Waals surface area (Å²) in [6.45, 7) is 2.20. The molecule has 0 bridgehead atoms. The molecule has 0 radical (unpaired) electrons. The summed E-state index contributed by atoms with van der Waals surface area (Å²) in [5.41, 5.74) is 4.49. The van der Waals surface area contributed by atoms with Gasteiger partial charge in [0.05, 0.1) is 5.69 Å². The lowest BCUT2D eigenvalue weighted by molar-refractivity contribution is -0.119. The molecule has 1 amide bonds. The highest BCUT2D eigenvalue weighted by Gasteiger charge is 2.40. The molecule has 2 aromatic rings. The predicted octanol–water partition coefficient (Wildman–Crippen LogP) is 4.25. The molecule has 2 aliphatic heterocycles. The molecule has 2 aromatic carbocycles. The third-order valence-corrected chi connectivity index (χ3v) is 5.83. The summed E-state index contributed by atoms with van der Waals surface area (Å²) in [4.78, 5) is 28.0. The molecule has 1 aliphatic carbocycles. The van der Waals surface area contributed by atoms with Crippen molar-refractivity contribution in [2.24, 2.45) is 0 Å². The van der Waals surface area contributed by atoms with E-state index in [4.69, 9.17) is 9.47 Å². The first-order valence-electron chi connectivity index (χ1n) is 9.68. The Morgan fingerprint density at radius 2 is 1.82 bits per heavy atom. The number of ether oxygens (including phenoxy) is 2. The number of carbonyl (C=O) groups is 2. The first-order chi connectivity index (χ1) is 13.6. The molecule has 5 rings (SSSR count). The summed E-state index contributed by atoms with van der Waals surface area (Å²) in [5, 5.41) is 0. The highest BCUT2D eigenvalue weighted by molar-refractivity contribution is 6.07. The number of allylic oxidation sites excluding steroid dienone is 2. The van der Waals surface area contributed by atoms with Crippen LogP contribution in [0.25, 0.3) is 0 Å². The smallest absolute Gasteiger partial charge is 0.232 e. The third kappa shape index (κ3) is 2.61. The lowest BCUT2D eigenvalue weighted by Gasteiger charge is -2.39. The van der Waals surface area contributed by atoms with Crippen molar-refractivity contribution in [2.45, 2.75) is 38.5 Å². The van der Waals surface area contributed by atoms with Crippen molar-refractivity contribution >= 4 is 17.4 Å². The van der Waals surface area contributed by atoms with Gasteiger partial charge in [-0.1, -0.05) is 24.3 Å². The molecule has 1 unspecified atom stereocenters. The van der Waals surface area contributed by atoms with Crippen LogP contribution in [0.2, 0.25) is 0 Å². The predicted molar refractivity (Wildman–Crippen MR) is 104 cm³/mol. The van der Waals surface area contributed by atoms with Gasteiger partial charge in [-0.3, -0.25) is 14.5 Å². The molecule has 1 atom stereocenters. The number of nitrogens with zero attached hydrogens (tertiary/aromatic N) is 1. The van der Waals surface area contributed by atoms with E-state index < -0.39 is 0 Å². The van der Waals surface area contributed by atoms with Crippen LogP contribution in [0.15, 0.2) is 53.7 Å². The second kappa shape index (κ2) is 6.51. The van der Waals surface area contributed by atoms with Gasteiger partial charge in [-0.05, 0) is 49.1 Å². The molecule has 0 fully saturated rings. The lowest BCUT2D eigenvalue weighted by atomic mass is 9.77. The van der Waals surface area contributed by atoms with Crippen molar-refractivity contribution < 1.29 is 19.1 Å². The Bertz CT molecular complexity index is 1020. The van der Waals surface area contributed by atoms with Crippen molar-refractivity contribution in [3.63, 3.8) is 0 Å². The van der Waals surface area contributed by atoms with Gasteiger partial charge in [-0.25, -0.2) is 0 Å². The second-order valence-electron chi connectivity index (χ2n) is 7.52. The molecule has 0 saturated carbocycles. The van der Waals surface area contributed by atoms with Crippen molar-refractivity contribution in [3.8, 4) is 11.5 Å². The number of para-hydroxylation sites is 1. The Morgan fingerprint density at radius 1 is 1.00 bits per heavy atom. The number of aryl methyl sites for hydroxylation is 1. The minimum atomic E-state index is -0.231. The number of rotatable bonds is 2. The van der Waals surface area contributed by atoms with Gasteiger partial charge in [0, 0.05) is 30.0 Å². The molecule has 2 heterocycles. The maximum Gasteiger partial charge on any atom is 0.232 e. The van der Waals surface area contributed by atoms with Crippen LogP contribution in [0.4, 0.5) is 5.69 Å². The zero-order valence-corrected chi connectivity index (χ0v) is 15.7. The lowest BCUT2D eigenvalue weighted by Crippen LogP contribution is -2.40. The molecule has 5 nitrogen and oxygen atoms in total. The Balaban J connectivity index is 1.65. The van der Waals surface area contributed by atoms with Crippen molar-refractivity contribution in [2.75, 3.05) is 11.7 Å². The number of benzene rings is 2. The van der Waals surface area contributed by atoms with Gasteiger partial charge in [0.1, 0.15) is 0 Å². The minimum Gasteiger partial charge on any atom is -0.454 e. The van der Waals surface area contributed by atoms with E-state index in [2.05, 4.69) is 0 Å². The number of anilines is 1. The van der Waals surface area contributed by atoms with Gasteiger partial charge in [0.2, 0.25) is 12.7 Å². The molecule has 0 aromatic heterocycles. The van der Waals surface area contributed by atoms with Crippen LogP contribution in [0, 0.1) is 6.92 Å². The van der Waals surface area contributed by atoms with Crippen molar-refractivity contribution in [1.82, 2.24) is 0 Å². The van der Waals surface area contributed by atoms with Gasteiger partial charge in [-0.2, -0.15) is 0 Å². The van der Waals surface area contributed by atoms with E-state index >= 15 is 0 Å². The summed E-state index contributed by atoms with van der Waals surface area (Å²) < 4.78 is 10.9. The van der Waals surface area contributed by atoms with Gasteiger partial charge < -0.3 is 9.47 Å². The molecule has 0 spiro atoms. The Labute approximate surface area is 163 Å². The highest BCUT2D eigenvalue weighted by Crippen LogP contribution is 2.45. The zero-order chi connectivity index (χ0) is 19.3. The van der Waals surface area contributed by atoms with E-state index in [-0.39, 0.29) is 30.8 Å². The molecule has 142 valence electrons. The van der Waals surface area contributed by atoms with E-state index in [0.717, 1.165) is 40.9 Å². The molecule has 0 N–H and O–H groups in total. The summed E-state index contributed by atoms with van der Waals surface area (Å²) in [6, 6.07) is 13.6. The van der Waals surface area contributed by atoms with E-state index in [1.165, 1.54) is 0 Å². The first-order valence-corrected chi connectivity index (χ1v) is 9.68. The van der Waals surface area contributed by atoms with Crippen LogP contribution in [0.5, 0.6) is 11.5 Å². The number of amides is 1. The number of Topliss-reactive ketones (excluding diaryl/α,β-unsaturated/α-hetero) is 1. The summed E-state index contributed by atoms with van der Waals surface area (Å²) in [5.74, 6) is 1.33. The van der Waals surface area contributed by atoms with Crippen molar-refractivity contribution in [3.05, 3.63) is 64.9 Å². The Hall–Kier alpha value is -3.08. The fourth-order valence-corrected chi connectivity index (χ4v) is 4.50. The third-order valence-electron chi connectivity index (χ3n) is 5.83. The second-order valence-corrected chi connectivity index (χ2v) is 7.52. The SMILES string of the molecule is Cc1ccccc1N1C(=O)CC(c2ccc3c(c2)OCO3)C2=C1CCCC2=O. The number of fused-ring (bicyclic) bond motifs is 1. The van der Waals surface area contributed by atoms with E-state index in [1.807, 2.05) is 49.4 Å². The highest BCUT2D eigenvalue weighted by atomic mass is 16.7. The number of carbonyl (C=O) groups excluding carboxylic acids is 2. The first kappa shape index (κ1) is 17.0. The van der Waals surface area contributed by atoms with Gasteiger partial charge >= 0.3 is 0 Å². The van der Waals surface area contributed by atoms with Crippen LogP contribution in [0.3, 0.4) is 0 Å². The Morgan fingerprint density at radius 3 is 2.68 bits per heavy atom. The van der Waals surface area contributed by atoms with Crippen LogP contribution in [-0.4, -0.2) is 18.5 Å². The standard InChI is InChI=1S/C23H21NO4/c1-14-5-2-3-6-17(14)24-18-7-4-8-19(25)23(18)16(12-22(24)26)15-9-10-20-21(11-15)28-13-27-20/h2-3,5-6,9-11,16H,4,7-8,12-13H2,1H3. The van der Waals surface area contributed by atoms with E-state index in [0.29, 0.717) is 17.9 Å². The topological polar surface area (TPSA) is 55.8 Å². The fraction of sp³-hybridized carbons (Fsp3) is 0.304. The maximum atomic E-state index is 13.3. The monoisotopic (exact) mass is 375 g/mol. The largest absolute Gasteiger partial charge is 0.454 e. The molecule has 5 heteroatoms. The van der Waals surface area contributed by atoms with Crippen LogP contribution in [-0.2, 0) is 9.59 Å². The Kier molecular flexibility index (Phi) is 3.97. The summed E-state index contributed by atoms with van der Waals surface area (Å²) >= 11 is 0. The average molecular weight is 375 g/mol. The van der Waals surface area contributed by atoms with E-state index in [1.54, 1.807) is 4.90 Å². The minimum absolute atomic E-state index is 0.0328.